The van der Waals surface area contributed by atoms with Gasteiger partial charge in [-0.15, -0.1) is 0 Å². The summed E-state index contributed by atoms with van der Waals surface area (Å²) in [7, 11) is 0. The first-order valence-corrected chi connectivity index (χ1v) is 10.5. The van der Waals surface area contributed by atoms with Gasteiger partial charge in [-0.25, -0.2) is 4.79 Å². The zero-order valence-electron chi connectivity index (χ0n) is 17.0. The molecule has 2 aromatic rings. The summed E-state index contributed by atoms with van der Waals surface area (Å²) in [5.41, 5.74) is 2.59. The standard InChI is InChI=1S/C23H28N4O3/c28-22(25-20-10-4-5-11-21(20)26-13-15-30-16-14-26)18-7-6-12-27(17-18)23(29)24-19-8-2-1-3-9-19/h1-5,8-11,18H,6-7,12-17H2,(H,24,29)(H,25,28). The molecular weight excluding hydrogens is 380 g/mol. The summed E-state index contributed by atoms with van der Waals surface area (Å²) in [6.07, 6.45) is 1.59. The molecule has 0 spiro atoms. The second-order valence-corrected chi connectivity index (χ2v) is 7.69. The molecule has 1 atom stereocenters. The third-order valence-corrected chi connectivity index (χ3v) is 5.62. The minimum Gasteiger partial charge on any atom is -0.378 e. The number of hydrogen-bond donors (Lipinski definition) is 2. The van der Waals surface area contributed by atoms with Crippen LogP contribution in [0.1, 0.15) is 12.8 Å². The molecule has 0 saturated carbocycles. The molecule has 0 aliphatic carbocycles. The SMILES string of the molecule is O=C(Nc1ccccc1N1CCOCC1)C1CCCN(C(=O)Nc2ccccc2)C1. The summed E-state index contributed by atoms with van der Waals surface area (Å²) in [6, 6.07) is 17.1. The Kier molecular flexibility index (Phi) is 6.49. The van der Waals surface area contributed by atoms with Gasteiger partial charge in [-0.2, -0.15) is 0 Å². The fourth-order valence-electron chi connectivity index (χ4n) is 3.99. The van der Waals surface area contributed by atoms with Crippen molar-refractivity contribution in [3.8, 4) is 0 Å². The number of morpholine rings is 1. The van der Waals surface area contributed by atoms with Crippen LogP contribution >= 0.6 is 0 Å². The molecule has 7 heteroatoms. The Hall–Kier alpha value is -3.06. The van der Waals surface area contributed by atoms with Crippen LogP contribution in [-0.4, -0.2) is 56.2 Å². The molecule has 1 unspecified atom stereocenters. The van der Waals surface area contributed by atoms with E-state index in [-0.39, 0.29) is 17.9 Å². The fourth-order valence-corrected chi connectivity index (χ4v) is 3.99. The summed E-state index contributed by atoms with van der Waals surface area (Å²) in [4.78, 5) is 29.6. The molecule has 2 aromatic carbocycles. The first kappa shape index (κ1) is 20.2. The van der Waals surface area contributed by atoms with Crippen LogP contribution in [0.3, 0.4) is 0 Å². The normalized spacial score (nSPS) is 19.3. The van der Waals surface area contributed by atoms with E-state index >= 15 is 0 Å². The quantitative estimate of drug-likeness (QED) is 0.813. The van der Waals surface area contributed by atoms with Gasteiger partial charge in [0.05, 0.1) is 30.5 Å². The monoisotopic (exact) mass is 408 g/mol. The maximum atomic E-state index is 13.0. The van der Waals surface area contributed by atoms with E-state index in [1.54, 1.807) is 4.90 Å². The first-order chi connectivity index (χ1) is 14.7. The van der Waals surface area contributed by atoms with Crippen molar-refractivity contribution in [3.05, 3.63) is 54.6 Å². The Morgan fingerprint density at radius 3 is 2.43 bits per heavy atom. The molecule has 30 heavy (non-hydrogen) atoms. The molecule has 2 heterocycles. The third kappa shape index (κ3) is 4.91. The molecule has 0 radical (unpaired) electrons. The molecule has 2 N–H and O–H groups in total. The van der Waals surface area contributed by atoms with Gasteiger partial charge in [0, 0.05) is 31.9 Å². The van der Waals surface area contributed by atoms with E-state index in [1.807, 2.05) is 54.6 Å². The largest absolute Gasteiger partial charge is 0.378 e. The Morgan fingerprint density at radius 1 is 0.900 bits per heavy atom. The van der Waals surface area contributed by atoms with Gasteiger partial charge in [-0.1, -0.05) is 30.3 Å². The van der Waals surface area contributed by atoms with Gasteiger partial charge in [0.15, 0.2) is 0 Å². The van der Waals surface area contributed by atoms with Crippen molar-refractivity contribution in [2.24, 2.45) is 5.92 Å². The van der Waals surface area contributed by atoms with Crippen molar-refractivity contribution in [1.82, 2.24) is 4.90 Å². The number of amides is 3. The number of ether oxygens (including phenoxy) is 1. The van der Waals surface area contributed by atoms with E-state index in [2.05, 4.69) is 15.5 Å². The number of carbonyl (C=O) groups excluding carboxylic acids is 2. The van der Waals surface area contributed by atoms with Crippen LogP contribution in [0.4, 0.5) is 21.9 Å². The lowest BCUT2D eigenvalue weighted by Gasteiger charge is -2.33. The molecule has 2 fully saturated rings. The van der Waals surface area contributed by atoms with Crippen LogP contribution in [0.5, 0.6) is 0 Å². The molecule has 4 rings (SSSR count). The maximum absolute atomic E-state index is 13.0. The number of nitrogens with zero attached hydrogens (tertiary/aromatic N) is 2. The van der Waals surface area contributed by atoms with Crippen molar-refractivity contribution >= 4 is 29.0 Å². The molecule has 158 valence electrons. The highest BCUT2D eigenvalue weighted by Crippen LogP contribution is 2.28. The number of piperidine rings is 1. The van der Waals surface area contributed by atoms with Crippen molar-refractivity contribution in [2.75, 3.05) is 54.9 Å². The number of anilines is 3. The van der Waals surface area contributed by atoms with Crippen LogP contribution < -0.4 is 15.5 Å². The molecule has 0 aromatic heterocycles. The van der Waals surface area contributed by atoms with E-state index in [0.717, 1.165) is 43.0 Å². The lowest BCUT2D eigenvalue weighted by molar-refractivity contribution is -0.121. The molecule has 2 aliphatic heterocycles. The number of urea groups is 1. The lowest BCUT2D eigenvalue weighted by atomic mass is 9.97. The van der Waals surface area contributed by atoms with E-state index in [0.29, 0.717) is 26.3 Å². The van der Waals surface area contributed by atoms with E-state index in [9.17, 15) is 9.59 Å². The first-order valence-electron chi connectivity index (χ1n) is 10.5. The van der Waals surface area contributed by atoms with Crippen molar-refractivity contribution < 1.29 is 14.3 Å². The van der Waals surface area contributed by atoms with Gasteiger partial charge in [0.2, 0.25) is 5.91 Å². The molecule has 3 amide bonds. The van der Waals surface area contributed by atoms with Crippen LogP contribution in [0, 0.1) is 5.92 Å². The summed E-state index contributed by atoms with van der Waals surface area (Å²) in [5, 5.41) is 6.02. The molecular formula is C23H28N4O3. The number of rotatable bonds is 4. The summed E-state index contributed by atoms with van der Waals surface area (Å²) < 4.78 is 5.44. The second kappa shape index (κ2) is 9.63. The van der Waals surface area contributed by atoms with Gasteiger partial charge in [-0.05, 0) is 37.1 Å². The van der Waals surface area contributed by atoms with Crippen molar-refractivity contribution in [3.63, 3.8) is 0 Å². The van der Waals surface area contributed by atoms with Gasteiger partial charge >= 0.3 is 6.03 Å². The van der Waals surface area contributed by atoms with Gasteiger partial charge < -0.3 is 25.2 Å². The third-order valence-electron chi connectivity index (χ3n) is 5.62. The highest BCUT2D eigenvalue weighted by Gasteiger charge is 2.29. The summed E-state index contributed by atoms with van der Waals surface area (Å²) in [6.45, 7) is 4.08. The van der Waals surface area contributed by atoms with E-state index in [1.165, 1.54) is 0 Å². The maximum Gasteiger partial charge on any atom is 0.321 e. The van der Waals surface area contributed by atoms with Crippen LogP contribution in [-0.2, 0) is 9.53 Å². The predicted molar refractivity (Wildman–Crippen MR) is 118 cm³/mol. The molecule has 0 bridgehead atoms. The van der Waals surface area contributed by atoms with Gasteiger partial charge in [0.25, 0.3) is 0 Å². The van der Waals surface area contributed by atoms with Crippen molar-refractivity contribution in [2.45, 2.75) is 12.8 Å². The number of benzene rings is 2. The predicted octanol–water partition coefficient (Wildman–Crippen LogP) is 3.41. The minimum absolute atomic E-state index is 0.0343. The Bertz CT molecular complexity index is 868. The van der Waals surface area contributed by atoms with Crippen LogP contribution in [0.2, 0.25) is 0 Å². The minimum atomic E-state index is -0.224. The zero-order chi connectivity index (χ0) is 20.8. The van der Waals surface area contributed by atoms with Crippen LogP contribution in [0.15, 0.2) is 54.6 Å². The number of nitrogens with one attached hydrogen (secondary N) is 2. The topological polar surface area (TPSA) is 73.9 Å². The summed E-state index contributed by atoms with van der Waals surface area (Å²) >= 11 is 0. The Morgan fingerprint density at radius 2 is 1.63 bits per heavy atom. The van der Waals surface area contributed by atoms with Gasteiger partial charge in [-0.3, -0.25) is 4.79 Å². The highest BCUT2D eigenvalue weighted by molar-refractivity contribution is 5.97. The lowest BCUT2D eigenvalue weighted by Crippen LogP contribution is -2.45. The second-order valence-electron chi connectivity index (χ2n) is 7.69. The van der Waals surface area contributed by atoms with E-state index in [4.69, 9.17) is 4.74 Å². The molecule has 2 saturated heterocycles. The number of carbonyl (C=O) groups is 2. The fraction of sp³-hybridized carbons (Fsp3) is 0.391. The molecule has 2 aliphatic rings. The average molecular weight is 409 g/mol. The van der Waals surface area contributed by atoms with Crippen molar-refractivity contribution in [1.29, 1.82) is 0 Å². The van der Waals surface area contributed by atoms with Crippen LogP contribution in [0.25, 0.3) is 0 Å². The number of likely N-dealkylation sites (tertiary alicyclic amines) is 1. The zero-order valence-corrected chi connectivity index (χ0v) is 17.0. The smallest absolute Gasteiger partial charge is 0.321 e. The molecule has 7 nitrogen and oxygen atoms in total. The number of hydrogen-bond acceptors (Lipinski definition) is 4. The summed E-state index contributed by atoms with van der Waals surface area (Å²) in [5.74, 6) is -0.258. The Balaban J connectivity index is 1.38. The Labute approximate surface area is 177 Å². The average Bonchev–Trinajstić information content (AvgIpc) is 2.81. The van der Waals surface area contributed by atoms with Gasteiger partial charge in [0.1, 0.15) is 0 Å². The number of para-hydroxylation sites is 3. The highest BCUT2D eigenvalue weighted by atomic mass is 16.5. The van der Waals surface area contributed by atoms with E-state index < -0.39 is 0 Å².